The molecule has 0 aliphatic carbocycles. The molecule has 94 valence electrons. The van der Waals surface area contributed by atoms with Crippen molar-refractivity contribution in [3.05, 3.63) is 21.9 Å². The summed E-state index contributed by atoms with van der Waals surface area (Å²) < 4.78 is 6.99. The first-order valence-electron chi connectivity index (χ1n) is 5.50. The second-order valence-electron chi connectivity index (χ2n) is 4.07. The third-order valence-corrected chi connectivity index (χ3v) is 3.71. The molecule has 0 unspecified atom stereocenters. The van der Waals surface area contributed by atoms with Crippen LogP contribution in [0.15, 0.2) is 6.07 Å². The van der Waals surface area contributed by atoms with E-state index in [-0.39, 0.29) is 12.0 Å². The van der Waals surface area contributed by atoms with Gasteiger partial charge in [0.25, 0.3) is 5.91 Å². The number of carbonyl (C=O) groups is 1. The summed E-state index contributed by atoms with van der Waals surface area (Å²) in [4.78, 5) is 11.9. The van der Waals surface area contributed by atoms with Crippen molar-refractivity contribution in [1.29, 1.82) is 0 Å². The smallest absolute Gasteiger partial charge is 0.268 e. The van der Waals surface area contributed by atoms with E-state index >= 15 is 0 Å². The van der Waals surface area contributed by atoms with Crippen LogP contribution in [-0.4, -0.2) is 29.7 Å². The topological polar surface area (TPSA) is 43.3 Å². The van der Waals surface area contributed by atoms with Gasteiger partial charge in [-0.25, -0.2) is 0 Å². The molecule has 4 nitrogen and oxygen atoms in total. The quantitative estimate of drug-likeness (QED) is 0.920. The number of ether oxygens (including phenoxy) is 1. The van der Waals surface area contributed by atoms with E-state index < -0.39 is 0 Å². The molecule has 6 heteroatoms. The minimum Gasteiger partial charge on any atom is -0.376 e. The molecule has 0 spiro atoms. The first-order chi connectivity index (χ1) is 8.09. The first kappa shape index (κ1) is 12.7. The molecule has 1 N–H and O–H groups in total. The largest absolute Gasteiger partial charge is 0.376 e. The predicted octanol–water partition coefficient (Wildman–Crippen LogP) is 2.24. The molecule has 1 saturated heterocycles. The maximum absolute atomic E-state index is 11.9. The van der Waals surface area contributed by atoms with E-state index in [2.05, 4.69) is 5.32 Å². The molecule has 1 aromatic heterocycles. The van der Waals surface area contributed by atoms with E-state index in [1.54, 1.807) is 17.7 Å². The van der Waals surface area contributed by atoms with Crippen molar-refractivity contribution >= 4 is 29.1 Å². The fourth-order valence-corrected chi connectivity index (χ4v) is 2.24. The van der Waals surface area contributed by atoms with Gasteiger partial charge >= 0.3 is 0 Å². The van der Waals surface area contributed by atoms with Gasteiger partial charge in [-0.05, 0) is 18.9 Å². The lowest BCUT2D eigenvalue weighted by Gasteiger charge is -2.11. The zero-order valence-electron chi connectivity index (χ0n) is 9.50. The molecule has 2 heterocycles. The number of amides is 1. The highest BCUT2D eigenvalue weighted by atomic mass is 35.5. The Hall–Kier alpha value is -0.710. The molecule has 1 atom stereocenters. The van der Waals surface area contributed by atoms with Crippen LogP contribution in [0.5, 0.6) is 0 Å². The SMILES string of the molecule is Cn1c(C(=O)NC[C@@H]2CCCO2)cc(Cl)c1Cl. The standard InChI is InChI=1S/C11H14Cl2N2O2/c1-15-9(5-8(12)10(15)13)11(16)14-6-7-3-2-4-17-7/h5,7H,2-4,6H2,1H3,(H,14,16)/t7-/m0/s1. The van der Waals surface area contributed by atoms with E-state index in [0.717, 1.165) is 19.4 Å². The number of hydrogen-bond donors (Lipinski definition) is 1. The van der Waals surface area contributed by atoms with Gasteiger partial charge in [0.05, 0.1) is 11.1 Å². The van der Waals surface area contributed by atoms with Crippen LogP contribution < -0.4 is 5.32 Å². The summed E-state index contributed by atoms with van der Waals surface area (Å²) >= 11 is 11.7. The average molecular weight is 277 g/mol. The van der Waals surface area contributed by atoms with Gasteiger partial charge in [0.2, 0.25) is 0 Å². The Morgan fingerprint density at radius 2 is 2.41 bits per heavy atom. The Morgan fingerprint density at radius 1 is 1.65 bits per heavy atom. The highest BCUT2D eigenvalue weighted by Gasteiger charge is 2.19. The molecular weight excluding hydrogens is 263 g/mol. The molecule has 2 rings (SSSR count). The van der Waals surface area contributed by atoms with Crippen LogP contribution in [0.2, 0.25) is 10.2 Å². The number of carbonyl (C=O) groups excluding carboxylic acids is 1. The third-order valence-electron chi connectivity index (χ3n) is 2.86. The number of nitrogens with one attached hydrogen (secondary N) is 1. The maximum Gasteiger partial charge on any atom is 0.268 e. The summed E-state index contributed by atoms with van der Waals surface area (Å²) in [5.41, 5.74) is 0.456. The monoisotopic (exact) mass is 276 g/mol. The second-order valence-corrected chi connectivity index (χ2v) is 4.84. The molecular formula is C11H14Cl2N2O2. The van der Waals surface area contributed by atoms with Crippen molar-refractivity contribution < 1.29 is 9.53 Å². The zero-order chi connectivity index (χ0) is 12.4. The fourth-order valence-electron chi connectivity index (χ4n) is 1.86. The van der Waals surface area contributed by atoms with Gasteiger partial charge in [0, 0.05) is 20.2 Å². The van der Waals surface area contributed by atoms with Crippen molar-refractivity contribution in [2.24, 2.45) is 7.05 Å². The van der Waals surface area contributed by atoms with E-state index in [1.165, 1.54) is 0 Å². The summed E-state index contributed by atoms with van der Waals surface area (Å²) in [6.07, 6.45) is 2.18. The Balaban J connectivity index is 1.96. The normalized spacial score (nSPS) is 19.6. The maximum atomic E-state index is 11.9. The molecule has 1 aliphatic rings. The van der Waals surface area contributed by atoms with E-state index in [1.807, 2.05) is 0 Å². The van der Waals surface area contributed by atoms with Gasteiger partial charge in [0.1, 0.15) is 10.8 Å². The number of rotatable bonds is 3. The minimum atomic E-state index is -0.184. The summed E-state index contributed by atoms with van der Waals surface area (Å²) in [7, 11) is 1.70. The number of halogens is 2. The Kier molecular flexibility index (Phi) is 3.97. The molecule has 1 fully saturated rings. The molecule has 1 aliphatic heterocycles. The van der Waals surface area contributed by atoms with Gasteiger partial charge in [-0.15, -0.1) is 0 Å². The Morgan fingerprint density at radius 3 is 2.94 bits per heavy atom. The Bertz CT molecular complexity index is 425. The highest BCUT2D eigenvalue weighted by molar-refractivity contribution is 6.41. The van der Waals surface area contributed by atoms with Crippen LogP contribution in [0.3, 0.4) is 0 Å². The van der Waals surface area contributed by atoms with Crippen molar-refractivity contribution in [3.63, 3.8) is 0 Å². The molecule has 0 saturated carbocycles. The molecule has 0 aromatic carbocycles. The zero-order valence-corrected chi connectivity index (χ0v) is 11.0. The fraction of sp³-hybridized carbons (Fsp3) is 0.545. The van der Waals surface area contributed by atoms with Crippen LogP contribution in [-0.2, 0) is 11.8 Å². The van der Waals surface area contributed by atoms with E-state index in [0.29, 0.717) is 22.4 Å². The molecule has 0 bridgehead atoms. The van der Waals surface area contributed by atoms with Gasteiger partial charge < -0.3 is 14.6 Å². The third kappa shape index (κ3) is 2.76. The van der Waals surface area contributed by atoms with Crippen LogP contribution in [0.4, 0.5) is 0 Å². The minimum absolute atomic E-state index is 0.130. The summed E-state index contributed by atoms with van der Waals surface area (Å²) in [6.45, 7) is 1.31. The van der Waals surface area contributed by atoms with Gasteiger partial charge in [0.15, 0.2) is 0 Å². The summed E-state index contributed by atoms with van der Waals surface area (Å²) in [5.74, 6) is -0.184. The van der Waals surface area contributed by atoms with Crippen LogP contribution in [0.1, 0.15) is 23.3 Å². The molecule has 17 heavy (non-hydrogen) atoms. The van der Waals surface area contributed by atoms with Gasteiger partial charge in [-0.3, -0.25) is 4.79 Å². The van der Waals surface area contributed by atoms with Crippen LogP contribution in [0, 0.1) is 0 Å². The van der Waals surface area contributed by atoms with Crippen molar-refractivity contribution in [2.75, 3.05) is 13.2 Å². The predicted molar refractivity (Wildman–Crippen MR) is 66.7 cm³/mol. The lowest BCUT2D eigenvalue weighted by atomic mass is 10.2. The lowest BCUT2D eigenvalue weighted by Crippen LogP contribution is -2.32. The Labute approximate surface area is 110 Å². The lowest BCUT2D eigenvalue weighted by molar-refractivity contribution is 0.0851. The number of hydrogen-bond acceptors (Lipinski definition) is 2. The van der Waals surface area contributed by atoms with Crippen LogP contribution in [0.25, 0.3) is 0 Å². The van der Waals surface area contributed by atoms with Crippen molar-refractivity contribution in [3.8, 4) is 0 Å². The average Bonchev–Trinajstić information content (AvgIpc) is 2.91. The number of aromatic nitrogens is 1. The van der Waals surface area contributed by atoms with Gasteiger partial charge in [-0.1, -0.05) is 23.2 Å². The van der Waals surface area contributed by atoms with Crippen molar-refractivity contribution in [2.45, 2.75) is 18.9 Å². The molecule has 1 amide bonds. The number of nitrogens with zero attached hydrogens (tertiary/aromatic N) is 1. The van der Waals surface area contributed by atoms with Crippen molar-refractivity contribution in [1.82, 2.24) is 9.88 Å². The van der Waals surface area contributed by atoms with Gasteiger partial charge in [-0.2, -0.15) is 0 Å². The summed E-state index contributed by atoms with van der Waals surface area (Å²) in [6, 6.07) is 1.56. The van der Waals surface area contributed by atoms with E-state index in [9.17, 15) is 4.79 Å². The highest BCUT2D eigenvalue weighted by Crippen LogP contribution is 2.25. The first-order valence-corrected chi connectivity index (χ1v) is 6.25. The second kappa shape index (κ2) is 5.29. The van der Waals surface area contributed by atoms with E-state index in [4.69, 9.17) is 27.9 Å². The van der Waals surface area contributed by atoms with Crippen LogP contribution >= 0.6 is 23.2 Å². The molecule has 0 radical (unpaired) electrons. The summed E-state index contributed by atoms with van der Waals surface area (Å²) in [5, 5.41) is 3.58. The molecule has 1 aromatic rings.